The number of nitrogens with one attached hydrogen (secondary N) is 1. The van der Waals surface area contributed by atoms with E-state index in [1.807, 2.05) is 20.8 Å². The molecule has 1 aromatic heterocycles. The van der Waals surface area contributed by atoms with E-state index >= 15 is 0 Å². The van der Waals surface area contributed by atoms with Gasteiger partial charge in [-0.15, -0.1) is 0 Å². The van der Waals surface area contributed by atoms with E-state index in [9.17, 15) is 13.2 Å². The number of carboxylic acids is 1. The van der Waals surface area contributed by atoms with Gasteiger partial charge in [-0.3, -0.25) is 4.79 Å². The Balaban J connectivity index is 2.70. The van der Waals surface area contributed by atoms with Crippen LogP contribution >= 0.6 is 0 Å². The lowest BCUT2D eigenvalue weighted by molar-refractivity contribution is -0.138. The molecule has 120 valence electrons. The summed E-state index contributed by atoms with van der Waals surface area (Å²) in [6.45, 7) is 6.58. The number of carbonyl (C=O) groups is 1. The van der Waals surface area contributed by atoms with Gasteiger partial charge >= 0.3 is 5.97 Å². The Morgan fingerprint density at radius 2 is 2.14 bits per heavy atom. The first kappa shape index (κ1) is 17.6. The van der Waals surface area contributed by atoms with Gasteiger partial charge in [0.15, 0.2) is 5.03 Å². The standard InChI is InChI=1S/C13H23N3O4S/c1-4-16-8-12(14-9-16)21(19,20)15-7-11(5-10(2)3)6-13(17)18/h8-11,15H,4-7H2,1-3H3,(H,17,18). The monoisotopic (exact) mass is 317 g/mol. The van der Waals surface area contributed by atoms with Crippen molar-refractivity contribution < 1.29 is 18.3 Å². The van der Waals surface area contributed by atoms with Crippen molar-refractivity contribution in [2.24, 2.45) is 11.8 Å². The van der Waals surface area contributed by atoms with E-state index in [0.29, 0.717) is 18.9 Å². The van der Waals surface area contributed by atoms with Gasteiger partial charge in [0.25, 0.3) is 10.0 Å². The van der Waals surface area contributed by atoms with Crippen LogP contribution in [0.1, 0.15) is 33.6 Å². The first-order valence-electron chi connectivity index (χ1n) is 6.97. The van der Waals surface area contributed by atoms with Gasteiger partial charge < -0.3 is 9.67 Å². The summed E-state index contributed by atoms with van der Waals surface area (Å²) in [5.41, 5.74) is 0. The topological polar surface area (TPSA) is 101 Å². The SMILES string of the molecule is CCn1cnc(S(=O)(=O)NCC(CC(=O)O)CC(C)C)c1. The van der Waals surface area contributed by atoms with E-state index in [0.717, 1.165) is 0 Å². The molecule has 1 atom stereocenters. The first-order valence-corrected chi connectivity index (χ1v) is 8.46. The zero-order valence-electron chi connectivity index (χ0n) is 12.6. The molecule has 0 aliphatic carbocycles. The third kappa shape index (κ3) is 5.84. The Bertz CT molecular complexity index is 566. The summed E-state index contributed by atoms with van der Waals surface area (Å²) in [5, 5.41) is 8.85. The van der Waals surface area contributed by atoms with Crippen LogP contribution in [0.25, 0.3) is 0 Å². The summed E-state index contributed by atoms with van der Waals surface area (Å²) < 4.78 is 28.3. The number of hydrogen-bond donors (Lipinski definition) is 2. The fraction of sp³-hybridized carbons (Fsp3) is 0.692. The molecule has 0 aliphatic heterocycles. The number of aromatic nitrogens is 2. The number of hydrogen-bond acceptors (Lipinski definition) is 4. The normalized spacial score (nSPS) is 13.5. The van der Waals surface area contributed by atoms with Crippen LogP contribution in [-0.2, 0) is 21.4 Å². The van der Waals surface area contributed by atoms with Crippen molar-refractivity contribution in [3.05, 3.63) is 12.5 Å². The zero-order chi connectivity index (χ0) is 16.0. The molecule has 1 rings (SSSR count). The first-order chi connectivity index (χ1) is 9.74. The minimum Gasteiger partial charge on any atom is -0.481 e. The second-order valence-corrected chi connectivity index (χ2v) is 7.20. The fourth-order valence-electron chi connectivity index (χ4n) is 2.11. The predicted octanol–water partition coefficient (Wildman–Crippen LogP) is 1.32. The van der Waals surface area contributed by atoms with Gasteiger partial charge in [0.1, 0.15) is 0 Å². The molecule has 0 aromatic carbocycles. The molecule has 0 bridgehead atoms. The molecule has 2 N–H and O–H groups in total. The minimum absolute atomic E-state index is 0.0389. The lowest BCUT2D eigenvalue weighted by Gasteiger charge is -2.17. The maximum atomic E-state index is 12.1. The molecule has 0 saturated heterocycles. The van der Waals surface area contributed by atoms with Crippen LogP contribution in [0, 0.1) is 11.8 Å². The van der Waals surface area contributed by atoms with E-state index in [4.69, 9.17) is 5.11 Å². The number of aryl methyl sites for hydroxylation is 1. The zero-order valence-corrected chi connectivity index (χ0v) is 13.4. The van der Waals surface area contributed by atoms with Crippen molar-refractivity contribution in [2.75, 3.05) is 6.54 Å². The Morgan fingerprint density at radius 3 is 2.62 bits per heavy atom. The molecule has 1 unspecified atom stereocenters. The Morgan fingerprint density at radius 1 is 1.48 bits per heavy atom. The molecule has 1 heterocycles. The Hall–Kier alpha value is -1.41. The number of sulfonamides is 1. The highest BCUT2D eigenvalue weighted by atomic mass is 32.2. The number of imidazole rings is 1. The molecule has 0 spiro atoms. The van der Waals surface area contributed by atoms with Gasteiger partial charge in [-0.1, -0.05) is 13.8 Å². The van der Waals surface area contributed by atoms with Gasteiger partial charge in [0.2, 0.25) is 0 Å². The van der Waals surface area contributed by atoms with E-state index in [1.165, 1.54) is 12.5 Å². The average Bonchev–Trinajstić information content (AvgIpc) is 2.84. The molecule has 0 amide bonds. The molecule has 0 saturated carbocycles. The summed E-state index contributed by atoms with van der Waals surface area (Å²) >= 11 is 0. The Labute approximate surface area is 125 Å². The lowest BCUT2D eigenvalue weighted by atomic mass is 9.94. The summed E-state index contributed by atoms with van der Waals surface area (Å²) in [7, 11) is -3.69. The summed E-state index contributed by atoms with van der Waals surface area (Å²) in [6.07, 6.45) is 3.51. The minimum atomic E-state index is -3.69. The highest BCUT2D eigenvalue weighted by Crippen LogP contribution is 2.16. The highest BCUT2D eigenvalue weighted by Gasteiger charge is 2.21. The van der Waals surface area contributed by atoms with Crippen LogP contribution in [0.2, 0.25) is 0 Å². The van der Waals surface area contributed by atoms with Crippen molar-refractivity contribution in [2.45, 2.75) is 45.2 Å². The van der Waals surface area contributed by atoms with Crippen LogP contribution < -0.4 is 4.72 Å². The molecule has 1 aromatic rings. The van der Waals surface area contributed by atoms with Gasteiger partial charge in [-0.2, -0.15) is 0 Å². The van der Waals surface area contributed by atoms with Crippen molar-refractivity contribution in [1.82, 2.24) is 14.3 Å². The van der Waals surface area contributed by atoms with Gasteiger partial charge in [-0.25, -0.2) is 18.1 Å². The molecule has 0 radical (unpaired) electrons. The van der Waals surface area contributed by atoms with E-state index in [-0.39, 0.29) is 23.9 Å². The molecule has 7 nitrogen and oxygen atoms in total. The number of aliphatic carboxylic acids is 1. The third-order valence-electron chi connectivity index (χ3n) is 3.08. The fourth-order valence-corrected chi connectivity index (χ4v) is 3.17. The average molecular weight is 317 g/mol. The maximum absolute atomic E-state index is 12.1. The van der Waals surface area contributed by atoms with Gasteiger partial charge in [0.05, 0.1) is 6.33 Å². The van der Waals surface area contributed by atoms with E-state index < -0.39 is 16.0 Å². The second kappa shape index (κ2) is 7.56. The smallest absolute Gasteiger partial charge is 0.303 e. The van der Waals surface area contributed by atoms with Crippen molar-refractivity contribution in [3.63, 3.8) is 0 Å². The van der Waals surface area contributed by atoms with Crippen LogP contribution in [0.4, 0.5) is 0 Å². The third-order valence-corrected chi connectivity index (χ3v) is 4.39. The lowest BCUT2D eigenvalue weighted by Crippen LogP contribution is -2.31. The van der Waals surface area contributed by atoms with Gasteiger partial charge in [-0.05, 0) is 25.2 Å². The number of carboxylic acid groups (broad SMARTS) is 1. The molecule has 8 heteroatoms. The largest absolute Gasteiger partial charge is 0.481 e. The predicted molar refractivity (Wildman–Crippen MR) is 78.3 cm³/mol. The summed E-state index contributed by atoms with van der Waals surface area (Å²) in [6, 6.07) is 0. The second-order valence-electron chi connectivity index (χ2n) is 5.49. The molecular weight excluding hydrogens is 294 g/mol. The van der Waals surface area contributed by atoms with Crippen LogP contribution in [-0.4, -0.2) is 35.6 Å². The van der Waals surface area contributed by atoms with E-state index in [2.05, 4.69) is 9.71 Å². The van der Waals surface area contributed by atoms with Crippen molar-refractivity contribution >= 4 is 16.0 Å². The summed E-state index contributed by atoms with van der Waals surface area (Å²) in [5.74, 6) is -0.848. The molecule has 21 heavy (non-hydrogen) atoms. The van der Waals surface area contributed by atoms with Crippen molar-refractivity contribution in [3.8, 4) is 0 Å². The molecule has 0 fully saturated rings. The highest BCUT2D eigenvalue weighted by molar-refractivity contribution is 7.89. The summed E-state index contributed by atoms with van der Waals surface area (Å²) in [4.78, 5) is 14.7. The Kier molecular flexibility index (Phi) is 6.35. The van der Waals surface area contributed by atoms with E-state index in [1.54, 1.807) is 4.57 Å². The quantitative estimate of drug-likeness (QED) is 0.715. The maximum Gasteiger partial charge on any atom is 0.303 e. The van der Waals surface area contributed by atoms with Crippen LogP contribution in [0.5, 0.6) is 0 Å². The molecule has 0 aliphatic rings. The molecular formula is C13H23N3O4S. The number of nitrogens with zero attached hydrogens (tertiary/aromatic N) is 2. The van der Waals surface area contributed by atoms with Crippen molar-refractivity contribution in [1.29, 1.82) is 0 Å². The van der Waals surface area contributed by atoms with Crippen LogP contribution in [0.3, 0.4) is 0 Å². The van der Waals surface area contributed by atoms with Gasteiger partial charge in [0, 0.05) is 25.7 Å². The van der Waals surface area contributed by atoms with Crippen LogP contribution in [0.15, 0.2) is 17.6 Å². The number of rotatable bonds is 9.